The summed E-state index contributed by atoms with van der Waals surface area (Å²) < 4.78 is 7.00. The number of fused-ring (bicyclic) bond motifs is 2. The molecule has 0 atom stereocenters. The van der Waals surface area contributed by atoms with Crippen LogP contribution in [0.4, 0.5) is 0 Å². The van der Waals surface area contributed by atoms with Crippen molar-refractivity contribution in [3.8, 4) is 5.75 Å². The van der Waals surface area contributed by atoms with Gasteiger partial charge in [-0.25, -0.2) is 14.5 Å². The number of esters is 1. The first kappa shape index (κ1) is 22.1. The van der Waals surface area contributed by atoms with Gasteiger partial charge in [0.05, 0.1) is 22.0 Å². The first-order chi connectivity index (χ1) is 16.4. The number of benzene rings is 3. The normalized spacial score (nSPS) is 11.1. The molecule has 0 saturated heterocycles. The lowest BCUT2D eigenvalue weighted by atomic mass is 10.1. The van der Waals surface area contributed by atoms with E-state index < -0.39 is 5.97 Å². The van der Waals surface area contributed by atoms with Gasteiger partial charge in [0.25, 0.3) is 5.56 Å². The summed E-state index contributed by atoms with van der Waals surface area (Å²) in [6.07, 6.45) is 0. The zero-order valence-electron chi connectivity index (χ0n) is 18.0. The van der Waals surface area contributed by atoms with Crippen molar-refractivity contribution < 1.29 is 9.53 Å². The summed E-state index contributed by atoms with van der Waals surface area (Å²) in [6, 6.07) is 21.3. The Labute approximate surface area is 204 Å². The highest BCUT2D eigenvalue weighted by Crippen LogP contribution is 2.37. The van der Waals surface area contributed by atoms with Crippen molar-refractivity contribution in [2.75, 3.05) is 0 Å². The third-order valence-electron chi connectivity index (χ3n) is 5.41. The monoisotopic (exact) mass is 489 g/mol. The average molecular weight is 490 g/mol. The fourth-order valence-electron chi connectivity index (χ4n) is 3.78. The van der Waals surface area contributed by atoms with Crippen LogP contribution in [0.1, 0.15) is 21.7 Å². The maximum atomic E-state index is 13.4. The molecule has 0 unspecified atom stereocenters. The maximum Gasteiger partial charge on any atom is 0.364 e. The van der Waals surface area contributed by atoms with Crippen molar-refractivity contribution in [1.82, 2.24) is 14.8 Å². The molecule has 34 heavy (non-hydrogen) atoms. The third kappa shape index (κ3) is 4.02. The largest absolute Gasteiger partial charge is 0.418 e. The van der Waals surface area contributed by atoms with Gasteiger partial charge in [-0.15, -0.1) is 0 Å². The zero-order chi connectivity index (χ0) is 23.8. The van der Waals surface area contributed by atoms with E-state index >= 15 is 0 Å². The molecule has 0 N–H and O–H groups in total. The minimum atomic E-state index is -0.758. The van der Waals surface area contributed by atoms with E-state index in [-0.39, 0.29) is 28.6 Å². The van der Waals surface area contributed by atoms with Crippen LogP contribution in [0.3, 0.4) is 0 Å². The fraction of sp³-hybridized carbons (Fsp3) is 0.0769. The molecular weight excluding hydrogens is 473 g/mol. The summed E-state index contributed by atoms with van der Waals surface area (Å²) in [6.45, 7) is 2.02. The molecule has 2 heterocycles. The zero-order valence-corrected chi connectivity index (χ0v) is 19.5. The Morgan fingerprint density at radius 3 is 2.38 bits per heavy atom. The topological polar surface area (TPSA) is 74.1 Å². The number of rotatable bonds is 4. The summed E-state index contributed by atoms with van der Waals surface area (Å²) in [5.41, 5.74) is 1.65. The quantitative estimate of drug-likeness (QED) is 0.234. The van der Waals surface area contributed by atoms with E-state index in [4.69, 9.17) is 27.9 Å². The van der Waals surface area contributed by atoms with Crippen LogP contribution in [-0.4, -0.2) is 20.7 Å². The average Bonchev–Trinajstić information content (AvgIpc) is 2.84. The molecule has 0 aliphatic heterocycles. The molecule has 0 radical (unpaired) electrons. The van der Waals surface area contributed by atoms with Gasteiger partial charge < -0.3 is 4.74 Å². The summed E-state index contributed by atoms with van der Waals surface area (Å²) in [4.78, 5) is 30.9. The molecule has 0 saturated carbocycles. The smallest absolute Gasteiger partial charge is 0.364 e. The van der Waals surface area contributed by atoms with E-state index in [9.17, 15) is 9.59 Å². The van der Waals surface area contributed by atoms with Crippen LogP contribution in [0.15, 0.2) is 77.6 Å². The van der Waals surface area contributed by atoms with Gasteiger partial charge in [0.15, 0.2) is 11.4 Å². The third-order valence-corrected chi connectivity index (χ3v) is 6.00. The molecule has 0 fully saturated rings. The van der Waals surface area contributed by atoms with Crippen molar-refractivity contribution in [2.24, 2.45) is 0 Å². The Morgan fingerprint density at radius 2 is 1.62 bits per heavy atom. The lowest BCUT2D eigenvalue weighted by Gasteiger charge is -2.13. The Morgan fingerprint density at radius 1 is 0.912 bits per heavy atom. The van der Waals surface area contributed by atoms with Crippen LogP contribution in [0.2, 0.25) is 10.0 Å². The van der Waals surface area contributed by atoms with Gasteiger partial charge in [0.2, 0.25) is 0 Å². The van der Waals surface area contributed by atoms with E-state index in [2.05, 4.69) is 10.1 Å². The predicted molar refractivity (Wildman–Crippen MR) is 133 cm³/mol. The summed E-state index contributed by atoms with van der Waals surface area (Å²) in [5, 5.41) is 6.27. The van der Waals surface area contributed by atoms with Crippen molar-refractivity contribution in [2.45, 2.75) is 13.5 Å². The number of halogens is 2. The van der Waals surface area contributed by atoms with Gasteiger partial charge in [-0.05, 0) is 36.8 Å². The van der Waals surface area contributed by atoms with Crippen LogP contribution in [-0.2, 0) is 6.54 Å². The number of aromatic nitrogens is 3. The fourth-order valence-corrected chi connectivity index (χ4v) is 4.33. The van der Waals surface area contributed by atoms with Crippen LogP contribution < -0.4 is 10.3 Å². The maximum absolute atomic E-state index is 13.4. The number of pyridine rings is 1. The summed E-state index contributed by atoms with van der Waals surface area (Å²) >= 11 is 12.7. The van der Waals surface area contributed by atoms with Crippen LogP contribution in [0.5, 0.6) is 5.75 Å². The lowest BCUT2D eigenvalue weighted by Crippen LogP contribution is -2.27. The van der Waals surface area contributed by atoms with Gasteiger partial charge in [0, 0.05) is 16.5 Å². The van der Waals surface area contributed by atoms with Gasteiger partial charge in [-0.3, -0.25) is 4.79 Å². The second-order valence-electron chi connectivity index (χ2n) is 7.75. The van der Waals surface area contributed by atoms with E-state index in [1.807, 2.05) is 43.3 Å². The highest BCUT2D eigenvalue weighted by atomic mass is 35.5. The van der Waals surface area contributed by atoms with E-state index in [1.54, 1.807) is 30.3 Å². The highest BCUT2D eigenvalue weighted by molar-refractivity contribution is 6.39. The minimum Gasteiger partial charge on any atom is -0.418 e. The second-order valence-corrected chi connectivity index (χ2v) is 8.56. The number of nitrogens with zero attached hydrogens (tertiary/aromatic N) is 3. The SMILES string of the molecule is Cc1ccc2c(Cl)cc(Cl)c(OC(=O)c3nn(Cc4ccccc4)c(=O)c4ccccc34)c2n1. The Kier molecular flexibility index (Phi) is 5.77. The first-order valence-electron chi connectivity index (χ1n) is 10.4. The molecule has 5 rings (SSSR count). The molecule has 6 nitrogen and oxygen atoms in total. The standard InChI is InChI=1S/C26H17Cl2N3O3/c1-15-11-12-19-20(27)13-21(28)24(22(19)29-15)34-26(33)23-17-9-5-6-10-18(17)25(32)31(30-23)14-16-7-3-2-4-8-16/h2-13H,14H2,1H3. The Balaban J connectivity index is 1.64. The predicted octanol–water partition coefficient (Wildman–Crippen LogP) is 5.83. The molecule has 0 spiro atoms. The number of aryl methyl sites for hydroxylation is 1. The van der Waals surface area contributed by atoms with Gasteiger partial charge >= 0.3 is 5.97 Å². The Hall–Kier alpha value is -3.74. The lowest BCUT2D eigenvalue weighted by molar-refractivity contribution is 0.0730. The van der Waals surface area contributed by atoms with Crippen molar-refractivity contribution in [3.63, 3.8) is 0 Å². The molecule has 0 amide bonds. The first-order valence-corrected chi connectivity index (χ1v) is 11.2. The van der Waals surface area contributed by atoms with Crippen molar-refractivity contribution in [1.29, 1.82) is 0 Å². The van der Waals surface area contributed by atoms with Gasteiger partial charge in [0.1, 0.15) is 5.52 Å². The molecular formula is C26H17Cl2N3O3. The number of ether oxygens (including phenoxy) is 1. The molecule has 0 aliphatic rings. The minimum absolute atomic E-state index is 0.00190. The van der Waals surface area contributed by atoms with Crippen LogP contribution >= 0.6 is 23.2 Å². The molecule has 8 heteroatoms. The van der Waals surface area contributed by atoms with Gasteiger partial charge in [-0.2, -0.15) is 5.10 Å². The number of hydrogen-bond acceptors (Lipinski definition) is 5. The second kappa shape index (κ2) is 8.89. The summed E-state index contributed by atoms with van der Waals surface area (Å²) in [7, 11) is 0. The highest BCUT2D eigenvalue weighted by Gasteiger charge is 2.22. The molecule has 0 aliphatic carbocycles. The number of hydrogen-bond donors (Lipinski definition) is 0. The van der Waals surface area contributed by atoms with Crippen LogP contribution in [0, 0.1) is 6.92 Å². The molecule has 0 bridgehead atoms. The molecule has 168 valence electrons. The number of carbonyl (C=O) groups is 1. The van der Waals surface area contributed by atoms with Gasteiger partial charge in [-0.1, -0.05) is 71.7 Å². The van der Waals surface area contributed by atoms with Crippen LogP contribution in [0.25, 0.3) is 21.7 Å². The summed E-state index contributed by atoms with van der Waals surface area (Å²) in [5.74, 6) is -0.673. The van der Waals surface area contributed by atoms with Crippen molar-refractivity contribution >= 4 is 50.8 Å². The van der Waals surface area contributed by atoms with E-state index in [0.29, 0.717) is 32.4 Å². The van der Waals surface area contributed by atoms with E-state index in [1.165, 1.54) is 10.7 Å². The van der Waals surface area contributed by atoms with Crippen molar-refractivity contribution in [3.05, 3.63) is 110 Å². The molecule has 2 aromatic heterocycles. The molecule has 5 aromatic rings. The van der Waals surface area contributed by atoms with E-state index in [0.717, 1.165) is 5.56 Å². The number of carbonyl (C=O) groups excluding carboxylic acids is 1. The Bertz CT molecular complexity index is 1630. The molecule has 3 aromatic carbocycles.